The molecule has 0 aromatic heterocycles. The minimum absolute atomic E-state index is 0.370. The van der Waals surface area contributed by atoms with Crippen LogP contribution in [0.15, 0.2) is 24.3 Å². The SMILES string of the molecule is CCCOc1ccccc1C(O)C1CCC(C)(C)CC1. The fourth-order valence-electron chi connectivity index (χ4n) is 3.06. The van der Waals surface area contributed by atoms with Gasteiger partial charge in [-0.3, -0.25) is 0 Å². The summed E-state index contributed by atoms with van der Waals surface area (Å²) < 4.78 is 5.78. The molecule has 0 saturated heterocycles. The number of hydrogen-bond donors (Lipinski definition) is 1. The molecule has 1 atom stereocenters. The van der Waals surface area contributed by atoms with Crippen LogP contribution in [0.5, 0.6) is 5.75 Å². The Morgan fingerprint density at radius 2 is 1.90 bits per heavy atom. The summed E-state index contributed by atoms with van der Waals surface area (Å²) in [6.07, 6.45) is 5.22. The van der Waals surface area contributed by atoms with E-state index in [4.69, 9.17) is 4.74 Å². The summed E-state index contributed by atoms with van der Waals surface area (Å²) >= 11 is 0. The first-order valence-electron chi connectivity index (χ1n) is 7.93. The van der Waals surface area contributed by atoms with Crippen LogP contribution in [0.3, 0.4) is 0 Å². The molecule has 0 radical (unpaired) electrons. The van der Waals surface area contributed by atoms with Crippen molar-refractivity contribution in [1.82, 2.24) is 0 Å². The van der Waals surface area contributed by atoms with Gasteiger partial charge in [0.15, 0.2) is 0 Å². The summed E-state index contributed by atoms with van der Waals surface area (Å²) in [5, 5.41) is 10.7. The third-order valence-corrected chi connectivity index (χ3v) is 4.53. The first-order valence-corrected chi connectivity index (χ1v) is 7.93. The molecule has 0 spiro atoms. The molecule has 1 aromatic rings. The fourth-order valence-corrected chi connectivity index (χ4v) is 3.06. The van der Waals surface area contributed by atoms with Crippen molar-refractivity contribution >= 4 is 0 Å². The normalized spacial score (nSPS) is 20.6. The summed E-state index contributed by atoms with van der Waals surface area (Å²) in [5.74, 6) is 1.22. The second kappa shape index (κ2) is 6.62. The van der Waals surface area contributed by atoms with Crippen molar-refractivity contribution in [3.63, 3.8) is 0 Å². The molecule has 1 aromatic carbocycles. The lowest BCUT2D eigenvalue weighted by Crippen LogP contribution is -2.25. The average Bonchev–Trinajstić information content (AvgIpc) is 2.45. The first kappa shape index (κ1) is 15.4. The molecule has 0 amide bonds. The second-order valence-corrected chi connectivity index (χ2v) is 6.83. The van der Waals surface area contributed by atoms with E-state index < -0.39 is 0 Å². The van der Waals surface area contributed by atoms with Gasteiger partial charge in [-0.2, -0.15) is 0 Å². The molecule has 0 heterocycles. The summed E-state index contributed by atoms with van der Waals surface area (Å²) in [5.41, 5.74) is 1.40. The van der Waals surface area contributed by atoms with E-state index in [0.29, 0.717) is 17.9 Å². The number of hydrogen-bond acceptors (Lipinski definition) is 2. The summed E-state index contributed by atoms with van der Waals surface area (Å²) in [7, 11) is 0. The number of rotatable bonds is 5. The summed E-state index contributed by atoms with van der Waals surface area (Å²) in [6, 6.07) is 7.95. The Balaban J connectivity index is 2.07. The molecule has 20 heavy (non-hydrogen) atoms. The molecule has 112 valence electrons. The predicted molar refractivity (Wildman–Crippen MR) is 82.9 cm³/mol. The van der Waals surface area contributed by atoms with Crippen molar-refractivity contribution in [2.75, 3.05) is 6.61 Å². The zero-order chi connectivity index (χ0) is 14.6. The minimum atomic E-state index is -0.390. The van der Waals surface area contributed by atoms with Crippen LogP contribution in [0, 0.1) is 11.3 Å². The van der Waals surface area contributed by atoms with Gasteiger partial charge in [-0.1, -0.05) is 39.0 Å². The molecule has 1 fully saturated rings. The van der Waals surface area contributed by atoms with Gasteiger partial charge >= 0.3 is 0 Å². The Morgan fingerprint density at radius 3 is 2.55 bits per heavy atom. The third-order valence-electron chi connectivity index (χ3n) is 4.53. The van der Waals surface area contributed by atoms with E-state index in [1.165, 1.54) is 12.8 Å². The van der Waals surface area contributed by atoms with Gasteiger partial charge in [-0.25, -0.2) is 0 Å². The van der Waals surface area contributed by atoms with Crippen molar-refractivity contribution in [2.24, 2.45) is 11.3 Å². The van der Waals surface area contributed by atoms with Gasteiger partial charge in [-0.15, -0.1) is 0 Å². The van der Waals surface area contributed by atoms with Crippen LogP contribution in [0.2, 0.25) is 0 Å². The zero-order valence-corrected chi connectivity index (χ0v) is 13.1. The van der Waals surface area contributed by atoms with Crippen LogP contribution in [0.4, 0.5) is 0 Å². The molecule has 1 unspecified atom stereocenters. The quantitative estimate of drug-likeness (QED) is 0.842. The van der Waals surface area contributed by atoms with Gasteiger partial charge in [0.25, 0.3) is 0 Å². The van der Waals surface area contributed by atoms with Crippen LogP contribution in [-0.2, 0) is 0 Å². The molecule has 0 aliphatic heterocycles. The Hall–Kier alpha value is -1.02. The highest BCUT2D eigenvalue weighted by Crippen LogP contribution is 2.44. The van der Waals surface area contributed by atoms with E-state index in [-0.39, 0.29) is 6.10 Å². The lowest BCUT2D eigenvalue weighted by Gasteiger charge is -2.36. The van der Waals surface area contributed by atoms with Gasteiger partial charge in [0.05, 0.1) is 12.7 Å². The number of aliphatic hydroxyl groups is 1. The minimum Gasteiger partial charge on any atom is -0.493 e. The van der Waals surface area contributed by atoms with Crippen LogP contribution in [0.1, 0.15) is 64.5 Å². The van der Waals surface area contributed by atoms with Crippen molar-refractivity contribution in [2.45, 2.75) is 59.0 Å². The lowest BCUT2D eigenvalue weighted by molar-refractivity contribution is 0.0546. The average molecular weight is 276 g/mol. The molecule has 1 saturated carbocycles. The largest absolute Gasteiger partial charge is 0.493 e. The van der Waals surface area contributed by atoms with Crippen LogP contribution in [-0.4, -0.2) is 11.7 Å². The van der Waals surface area contributed by atoms with Crippen LogP contribution < -0.4 is 4.74 Å². The van der Waals surface area contributed by atoms with Crippen molar-refractivity contribution in [1.29, 1.82) is 0 Å². The molecular formula is C18H28O2. The molecule has 2 nitrogen and oxygen atoms in total. The highest BCUT2D eigenvalue weighted by molar-refractivity contribution is 5.35. The number of aliphatic hydroxyl groups excluding tert-OH is 1. The summed E-state index contributed by atoms with van der Waals surface area (Å²) in [6.45, 7) is 7.46. The van der Waals surface area contributed by atoms with E-state index >= 15 is 0 Å². The lowest BCUT2D eigenvalue weighted by atomic mass is 9.71. The van der Waals surface area contributed by atoms with Crippen molar-refractivity contribution in [3.8, 4) is 5.75 Å². The molecule has 2 rings (SSSR count). The predicted octanol–water partition coefficient (Wildman–Crippen LogP) is 4.73. The fraction of sp³-hybridized carbons (Fsp3) is 0.667. The standard InChI is InChI=1S/C18H28O2/c1-4-13-20-16-8-6-5-7-15(16)17(19)14-9-11-18(2,3)12-10-14/h5-8,14,17,19H,4,9-13H2,1-3H3. The van der Waals surface area contributed by atoms with E-state index in [1.807, 2.05) is 24.3 Å². The van der Waals surface area contributed by atoms with Crippen LogP contribution >= 0.6 is 0 Å². The number of para-hydroxylation sites is 1. The van der Waals surface area contributed by atoms with Gasteiger partial charge < -0.3 is 9.84 Å². The second-order valence-electron chi connectivity index (χ2n) is 6.83. The highest BCUT2D eigenvalue weighted by atomic mass is 16.5. The number of benzene rings is 1. The first-order chi connectivity index (χ1) is 9.53. The van der Waals surface area contributed by atoms with Gasteiger partial charge in [-0.05, 0) is 49.5 Å². The zero-order valence-electron chi connectivity index (χ0n) is 13.1. The monoisotopic (exact) mass is 276 g/mol. The maximum Gasteiger partial charge on any atom is 0.125 e. The van der Waals surface area contributed by atoms with Crippen molar-refractivity contribution in [3.05, 3.63) is 29.8 Å². The third kappa shape index (κ3) is 3.76. The Labute approximate surface area is 123 Å². The molecule has 0 bridgehead atoms. The van der Waals surface area contributed by atoms with Gasteiger partial charge in [0, 0.05) is 5.56 Å². The van der Waals surface area contributed by atoms with Gasteiger partial charge in [0.2, 0.25) is 0 Å². The Kier molecular flexibility index (Phi) is 5.09. The van der Waals surface area contributed by atoms with Gasteiger partial charge in [0.1, 0.15) is 5.75 Å². The van der Waals surface area contributed by atoms with Crippen LogP contribution in [0.25, 0.3) is 0 Å². The molecule has 2 heteroatoms. The van der Waals surface area contributed by atoms with E-state index in [2.05, 4.69) is 20.8 Å². The molecule has 1 N–H and O–H groups in total. The van der Waals surface area contributed by atoms with E-state index in [0.717, 1.165) is 30.6 Å². The molecule has 1 aliphatic carbocycles. The smallest absolute Gasteiger partial charge is 0.125 e. The summed E-state index contributed by atoms with van der Waals surface area (Å²) in [4.78, 5) is 0. The maximum absolute atomic E-state index is 10.7. The van der Waals surface area contributed by atoms with E-state index in [1.54, 1.807) is 0 Å². The topological polar surface area (TPSA) is 29.5 Å². The highest BCUT2D eigenvalue weighted by Gasteiger charge is 2.32. The molecule has 1 aliphatic rings. The Bertz CT molecular complexity index is 415. The maximum atomic E-state index is 10.7. The molecular weight excluding hydrogens is 248 g/mol. The van der Waals surface area contributed by atoms with E-state index in [9.17, 15) is 5.11 Å². The number of ether oxygens (including phenoxy) is 1. The Morgan fingerprint density at radius 1 is 1.25 bits per heavy atom. The van der Waals surface area contributed by atoms with Crippen molar-refractivity contribution < 1.29 is 9.84 Å².